The van der Waals surface area contributed by atoms with Crippen LogP contribution in [0.25, 0.3) is 11.0 Å². The van der Waals surface area contributed by atoms with Crippen LogP contribution in [0.2, 0.25) is 0 Å². The van der Waals surface area contributed by atoms with E-state index in [1.807, 2.05) is 6.20 Å². The molecule has 0 unspecified atom stereocenters. The second-order valence-corrected chi connectivity index (χ2v) is 9.37. The number of anilines is 1. The molecule has 2 aromatic heterocycles. The first-order valence-electron chi connectivity index (χ1n) is 9.34. The summed E-state index contributed by atoms with van der Waals surface area (Å²) in [7, 11) is -3.10. The lowest BCUT2D eigenvalue weighted by Gasteiger charge is -2.30. The number of rotatable bonds is 4. The minimum Gasteiger partial charge on any atom is -0.351 e. The van der Waals surface area contributed by atoms with E-state index in [2.05, 4.69) is 21.4 Å². The number of hydrogen-bond donors (Lipinski definition) is 1. The molecule has 1 aliphatic heterocycles. The Morgan fingerprint density at radius 2 is 1.85 bits per heavy atom. The van der Waals surface area contributed by atoms with Crippen LogP contribution in [0, 0.1) is 0 Å². The minimum atomic E-state index is -3.10. The quantitative estimate of drug-likeness (QED) is 0.883. The molecular formula is C18H25N5O2S. The predicted octanol–water partition coefficient (Wildman–Crippen LogP) is 2.52. The summed E-state index contributed by atoms with van der Waals surface area (Å²) in [6.45, 7) is 1.08. The molecule has 0 bridgehead atoms. The third-order valence-electron chi connectivity index (χ3n) is 5.56. The van der Waals surface area contributed by atoms with Gasteiger partial charge in [0, 0.05) is 25.3 Å². The molecule has 26 heavy (non-hydrogen) atoms. The van der Waals surface area contributed by atoms with E-state index in [0.29, 0.717) is 25.0 Å². The molecule has 0 radical (unpaired) electrons. The highest BCUT2D eigenvalue weighted by Crippen LogP contribution is 2.36. The highest BCUT2D eigenvalue weighted by atomic mass is 32.2. The molecule has 0 atom stereocenters. The number of pyridine rings is 1. The molecule has 140 valence electrons. The topological polar surface area (TPSA) is 88.1 Å². The summed E-state index contributed by atoms with van der Waals surface area (Å²) in [4.78, 5) is 13.6. The maximum atomic E-state index is 11.6. The van der Waals surface area contributed by atoms with E-state index in [1.165, 1.54) is 41.8 Å². The summed E-state index contributed by atoms with van der Waals surface area (Å²) in [6, 6.07) is 2.29. The smallest absolute Gasteiger partial charge is 0.223 e. The summed E-state index contributed by atoms with van der Waals surface area (Å²) < 4.78 is 24.8. The van der Waals surface area contributed by atoms with Gasteiger partial charge in [-0.2, -0.15) is 0 Å². The normalized spacial score (nSPS) is 20.7. The second kappa shape index (κ2) is 7.08. The summed E-state index contributed by atoms with van der Waals surface area (Å²) in [6.07, 6.45) is 11.4. The van der Waals surface area contributed by atoms with Gasteiger partial charge in [0.15, 0.2) is 0 Å². The fraction of sp³-hybridized carbons (Fsp3) is 0.611. The van der Waals surface area contributed by atoms with Crippen LogP contribution in [-0.2, 0) is 10.0 Å². The lowest BCUT2D eigenvalue weighted by Crippen LogP contribution is -2.42. The number of fused-ring (bicyclic) bond motifs is 1. The maximum absolute atomic E-state index is 11.6. The van der Waals surface area contributed by atoms with Gasteiger partial charge in [-0.25, -0.2) is 22.7 Å². The number of sulfonamides is 1. The van der Waals surface area contributed by atoms with Crippen molar-refractivity contribution in [3.8, 4) is 0 Å². The van der Waals surface area contributed by atoms with Crippen molar-refractivity contribution in [3.63, 3.8) is 0 Å². The molecule has 2 aliphatic rings. The van der Waals surface area contributed by atoms with Crippen molar-refractivity contribution in [1.82, 2.24) is 19.3 Å². The van der Waals surface area contributed by atoms with Crippen LogP contribution in [0.5, 0.6) is 0 Å². The van der Waals surface area contributed by atoms with Gasteiger partial charge in [-0.05, 0) is 43.2 Å². The van der Waals surface area contributed by atoms with E-state index < -0.39 is 10.0 Å². The van der Waals surface area contributed by atoms with Crippen LogP contribution in [0.3, 0.4) is 0 Å². The van der Waals surface area contributed by atoms with Crippen molar-refractivity contribution < 1.29 is 8.42 Å². The van der Waals surface area contributed by atoms with E-state index in [1.54, 1.807) is 6.20 Å². The third-order valence-corrected chi connectivity index (χ3v) is 6.86. The number of nitrogens with zero attached hydrogens (tertiary/aromatic N) is 4. The number of hydrogen-bond acceptors (Lipinski definition) is 6. The molecule has 0 spiro atoms. The molecule has 2 fully saturated rings. The van der Waals surface area contributed by atoms with Gasteiger partial charge in [0.25, 0.3) is 0 Å². The monoisotopic (exact) mass is 375 g/mol. The average molecular weight is 375 g/mol. The van der Waals surface area contributed by atoms with Gasteiger partial charge in [-0.1, -0.05) is 12.8 Å². The van der Waals surface area contributed by atoms with Gasteiger partial charge in [-0.3, -0.25) is 4.98 Å². The molecule has 7 nitrogen and oxygen atoms in total. The van der Waals surface area contributed by atoms with E-state index in [9.17, 15) is 8.42 Å². The molecule has 0 aromatic carbocycles. The van der Waals surface area contributed by atoms with Crippen LogP contribution in [0.15, 0.2) is 18.5 Å². The number of aromatic nitrogens is 3. The second-order valence-electron chi connectivity index (χ2n) is 7.39. The molecule has 1 saturated carbocycles. The Labute approximate surface area is 154 Å². The number of piperidine rings is 1. The Balaban J connectivity index is 1.52. The summed E-state index contributed by atoms with van der Waals surface area (Å²) in [5.74, 6) is 1.18. The Morgan fingerprint density at radius 3 is 2.54 bits per heavy atom. The molecule has 1 aliphatic carbocycles. The average Bonchev–Trinajstić information content (AvgIpc) is 3.15. The van der Waals surface area contributed by atoms with Gasteiger partial charge in [0.1, 0.15) is 5.52 Å². The SMILES string of the molecule is CS(=O)(=O)N1CCC(Nc2ncc3nccc(C4CCCC4)c3n2)CC1. The zero-order valence-corrected chi connectivity index (χ0v) is 15.9. The van der Waals surface area contributed by atoms with Crippen molar-refractivity contribution in [1.29, 1.82) is 0 Å². The molecule has 1 saturated heterocycles. The van der Waals surface area contributed by atoms with Gasteiger partial charge in [-0.15, -0.1) is 0 Å². The summed E-state index contributed by atoms with van der Waals surface area (Å²) in [5, 5.41) is 3.39. The number of nitrogens with one attached hydrogen (secondary N) is 1. The highest BCUT2D eigenvalue weighted by molar-refractivity contribution is 7.88. The van der Waals surface area contributed by atoms with E-state index in [-0.39, 0.29) is 6.04 Å². The molecule has 1 N–H and O–H groups in total. The molecular weight excluding hydrogens is 350 g/mol. The Morgan fingerprint density at radius 1 is 1.12 bits per heavy atom. The third kappa shape index (κ3) is 3.66. The Bertz CT molecular complexity index is 888. The van der Waals surface area contributed by atoms with Crippen LogP contribution < -0.4 is 5.32 Å². The first-order valence-corrected chi connectivity index (χ1v) is 11.2. The van der Waals surface area contributed by atoms with E-state index in [0.717, 1.165) is 23.9 Å². The molecule has 2 aromatic rings. The van der Waals surface area contributed by atoms with Crippen LogP contribution in [0.1, 0.15) is 50.0 Å². The van der Waals surface area contributed by atoms with Crippen molar-refractivity contribution >= 4 is 27.0 Å². The predicted molar refractivity (Wildman–Crippen MR) is 102 cm³/mol. The van der Waals surface area contributed by atoms with Crippen molar-refractivity contribution in [2.24, 2.45) is 0 Å². The van der Waals surface area contributed by atoms with Gasteiger partial charge in [0.05, 0.1) is 18.0 Å². The van der Waals surface area contributed by atoms with Crippen LogP contribution in [-0.4, -0.2) is 53.1 Å². The Kier molecular flexibility index (Phi) is 4.79. The van der Waals surface area contributed by atoms with Gasteiger partial charge < -0.3 is 5.32 Å². The fourth-order valence-electron chi connectivity index (χ4n) is 4.11. The minimum absolute atomic E-state index is 0.192. The summed E-state index contributed by atoms with van der Waals surface area (Å²) in [5.41, 5.74) is 3.07. The lowest BCUT2D eigenvalue weighted by molar-refractivity contribution is 0.331. The van der Waals surface area contributed by atoms with Crippen LogP contribution in [0.4, 0.5) is 5.95 Å². The maximum Gasteiger partial charge on any atom is 0.223 e. The first kappa shape index (κ1) is 17.6. The molecule has 4 rings (SSSR count). The van der Waals surface area contributed by atoms with Gasteiger partial charge >= 0.3 is 0 Å². The highest BCUT2D eigenvalue weighted by Gasteiger charge is 2.25. The molecule has 8 heteroatoms. The molecule has 0 amide bonds. The molecule has 3 heterocycles. The van der Waals surface area contributed by atoms with E-state index in [4.69, 9.17) is 4.98 Å². The van der Waals surface area contributed by atoms with E-state index >= 15 is 0 Å². The van der Waals surface area contributed by atoms with Crippen molar-refractivity contribution in [2.75, 3.05) is 24.7 Å². The van der Waals surface area contributed by atoms with Crippen molar-refractivity contribution in [3.05, 3.63) is 24.0 Å². The largest absolute Gasteiger partial charge is 0.351 e. The standard InChI is InChI=1S/C18H25N5O2S/c1-26(24,25)23-10-7-14(8-11-23)21-18-20-12-16-17(22-18)15(6-9-19-16)13-4-2-3-5-13/h6,9,12-14H,2-5,7-8,10-11H2,1H3,(H,20,21,22). The van der Waals surface area contributed by atoms with Gasteiger partial charge in [0.2, 0.25) is 16.0 Å². The Hall–Kier alpha value is -1.80. The summed E-state index contributed by atoms with van der Waals surface area (Å²) >= 11 is 0. The lowest BCUT2D eigenvalue weighted by atomic mass is 9.97. The fourth-order valence-corrected chi connectivity index (χ4v) is 4.98. The van der Waals surface area contributed by atoms with Crippen molar-refractivity contribution in [2.45, 2.75) is 50.5 Å². The van der Waals surface area contributed by atoms with Crippen LogP contribution >= 0.6 is 0 Å². The zero-order valence-electron chi connectivity index (χ0n) is 15.1. The zero-order chi connectivity index (χ0) is 18.1. The first-order chi connectivity index (χ1) is 12.5.